The zero-order chi connectivity index (χ0) is 11.3. The lowest BCUT2D eigenvalue weighted by molar-refractivity contribution is -0.140. The minimum absolute atomic E-state index is 0. The number of carbonyl (C=O) groups is 2. The molecule has 1 rings (SSSR count). The molecule has 0 bridgehead atoms. The Labute approximate surface area is 99.9 Å². The van der Waals surface area contributed by atoms with Crippen LogP contribution in [-0.4, -0.2) is 22.9 Å². The van der Waals surface area contributed by atoms with Gasteiger partial charge in [-0.15, -0.1) is 12.4 Å². The Morgan fingerprint density at radius 1 is 1.25 bits per heavy atom. The van der Waals surface area contributed by atoms with Crippen LogP contribution in [0.5, 0.6) is 0 Å². The summed E-state index contributed by atoms with van der Waals surface area (Å²) < 4.78 is 0. The van der Waals surface area contributed by atoms with Crippen molar-refractivity contribution in [2.45, 2.75) is 18.9 Å². The second-order valence-corrected chi connectivity index (χ2v) is 3.33. The van der Waals surface area contributed by atoms with Crippen LogP contribution in [0.3, 0.4) is 0 Å². The second-order valence-electron chi connectivity index (χ2n) is 3.33. The first-order chi connectivity index (χ1) is 7.09. The molecule has 0 aliphatic rings. The van der Waals surface area contributed by atoms with Crippen LogP contribution in [0.15, 0.2) is 30.3 Å². The average molecular weight is 244 g/mol. The molecule has 0 radical (unpaired) electrons. The van der Waals surface area contributed by atoms with Crippen LogP contribution < -0.4 is 5.73 Å². The van der Waals surface area contributed by atoms with Gasteiger partial charge in [0, 0.05) is 0 Å². The maximum absolute atomic E-state index is 11.3. The van der Waals surface area contributed by atoms with E-state index < -0.39 is 24.2 Å². The SMILES string of the molecule is Cl.NC(Cc1ccccc1)C(=O)CC(=O)O. The molecule has 1 aromatic carbocycles. The number of carbonyl (C=O) groups excluding carboxylic acids is 1. The number of Topliss-reactive ketones (excluding diaryl/α,β-unsaturated/α-hetero) is 1. The smallest absolute Gasteiger partial charge is 0.310 e. The normalized spacial score (nSPS) is 11.3. The van der Waals surface area contributed by atoms with Gasteiger partial charge in [-0.05, 0) is 12.0 Å². The van der Waals surface area contributed by atoms with Crippen LogP contribution in [0.4, 0.5) is 0 Å². The third kappa shape index (κ3) is 4.91. The molecule has 16 heavy (non-hydrogen) atoms. The molecule has 0 spiro atoms. The zero-order valence-electron chi connectivity index (χ0n) is 8.63. The highest BCUT2D eigenvalue weighted by atomic mass is 35.5. The summed E-state index contributed by atoms with van der Waals surface area (Å²) in [5, 5.41) is 8.42. The number of halogens is 1. The van der Waals surface area contributed by atoms with Gasteiger partial charge in [0.1, 0.15) is 6.42 Å². The molecule has 3 N–H and O–H groups in total. The van der Waals surface area contributed by atoms with E-state index in [-0.39, 0.29) is 12.4 Å². The third-order valence-corrected chi connectivity index (χ3v) is 2.04. The van der Waals surface area contributed by atoms with Crippen molar-refractivity contribution in [3.05, 3.63) is 35.9 Å². The van der Waals surface area contributed by atoms with Crippen molar-refractivity contribution in [1.29, 1.82) is 0 Å². The first-order valence-electron chi connectivity index (χ1n) is 4.63. The van der Waals surface area contributed by atoms with E-state index in [1.807, 2.05) is 30.3 Å². The molecule has 5 heteroatoms. The van der Waals surface area contributed by atoms with E-state index >= 15 is 0 Å². The van der Waals surface area contributed by atoms with Crippen molar-refractivity contribution in [3.63, 3.8) is 0 Å². The van der Waals surface area contributed by atoms with E-state index in [9.17, 15) is 9.59 Å². The predicted molar refractivity (Wildman–Crippen MR) is 62.6 cm³/mol. The van der Waals surface area contributed by atoms with Gasteiger partial charge in [0.05, 0.1) is 6.04 Å². The van der Waals surface area contributed by atoms with Crippen LogP contribution in [0.25, 0.3) is 0 Å². The van der Waals surface area contributed by atoms with Crippen molar-refractivity contribution in [1.82, 2.24) is 0 Å². The van der Waals surface area contributed by atoms with E-state index in [1.165, 1.54) is 0 Å². The number of benzene rings is 1. The first kappa shape index (κ1) is 14.6. The maximum atomic E-state index is 11.3. The van der Waals surface area contributed by atoms with E-state index in [2.05, 4.69) is 0 Å². The summed E-state index contributed by atoms with van der Waals surface area (Å²) in [6.45, 7) is 0. The topological polar surface area (TPSA) is 80.4 Å². The Bertz CT molecular complexity index is 354. The standard InChI is InChI=1S/C11H13NO3.ClH/c12-9(10(13)7-11(14)15)6-8-4-2-1-3-5-8;/h1-5,9H,6-7,12H2,(H,14,15);1H. The minimum atomic E-state index is -1.14. The molecule has 0 aliphatic heterocycles. The third-order valence-electron chi connectivity index (χ3n) is 2.04. The molecular weight excluding hydrogens is 230 g/mol. The molecule has 0 saturated carbocycles. The molecule has 1 atom stereocenters. The van der Waals surface area contributed by atoms with Crippen molar-refractivity contribution < 1.29 is 14.7 Å². The molecule has 1 unspecified atom stereocenters. The summed E-state index contributed by atoms with van der Waals surface area (Å²) in [6.07, 6.45) is -0.124. The summed E-state index contributed by atoms with van der Waals surface area (Å²) >= 11 is 0. The van der Waals surface area contributed by atoms with Crippen molar-refractivity contribution >= 4 is 24.2 Å². The van der Waals surface area contributed by atoms with Gasteiger partial charge in [-0.25, -0.2) is 0 Å². The van der Waals surface area contributed by atoms with E-state index in [1.54, 1.807) is 0 Å². The molecule has 4 nitrogen and oxygen atoms in total. The lowest BCUT2D eigenvalue weighted by Gasteiger charge is -2.08. The number of ketones is 1. The van der Waals surface area contributed by atoms with Gasteiger partial charge < -0.3 is 10.8 Å². The second kappa shape index (κ2) is 6.98. The van der Waals surface area contributed by atoms with Gasteiger partial charge in [0.15, 0.2) is 5.78 Å². The number of hydrogen-bond donors (Lipinski definition) is 2. The van der Waals surface area contributed by atoms with Gasteiger partial charge in [-0.2, -0.15) is 0 Å². The number of aliphatic carboxylic acids is 1. The Hall–Kier alpha value is -1.39. The molecular formula is C11H14ClNO3. The first-order valence-corrected chi connectivity index (χ1v) is 4.63. The number of carboxylic acids is 1. The van der Waals surface area contributed by atoms with E-state index in [4.69, 9.17) is 10.8 Å². The quantitative estimate of drug-likeness (QED) is 0.757. The molecule has 88 valence electrons. The van der Waals surface area contributed by atoms with Crippen LogP contribution in [-0.2, 0) is 16.0 Å². The van der Waals surface area contributed by atoms with E-state index in [0.29, 0.717) is 6.42 Å². The fourth-order valence-electron chi connectivity index (χ4n) is 1.26. The van der Waals surface area contributed by atoms with Crippen molar-refractivity contribution in [2.24, 2.45) is 5.73 Å². The van der Waals surface area contributed by atoms with Crippen molar-refractivity contribution in [2.75, 3.05) is 0 Å². The molecule has 0 saturated heterocycles. The van der Waals surface area contributed by atoms with Gasteiger partial charge in [0.25, 0.3) is 0 Å². The highest BCUT2D eigenvalue weighted by molar-refractivity contribution is 5.97. The fraction of sp³-hybridized carbons (Fsp3) is 0.273. The summed E-state index contributed by atoms with van der Waals surface area (Å²) in [6, 6.07) is 8.55. The molecule has 1 aromatic rings. The lowest BCUT2D eigenvalue weighted by atomic mass is 10.0. The van der Waals surface area contributed by atoms with Crippen LogP contribution >= 0.6 is 12.4 Å². The molecule has 0 heterocycles. The summed E-state index contributed by atoms with van der Waals surface area (Å²) in [5.74, 6) is -1.57. The molecule has 0 aromatic heterocycles. The molecule has 0 aliphatic carbocycles. The monoisotopic (exact) mass is 243 g/mol. The maximum Gasteiger partial charge on any atom is 0.310 e. The predicted octanol–water partition coefficient (Wildman–Crippen LogP) is 1.02. The summed E-state index contributed by atoms with van der Waals surface area (Å²) in [7, 11) is 0. The summed E-state index contributed by atoms with van der Waals surface area (Å²) in [5.41, 5.74) is 6.52. The van der Waals surface area contributed by atoms with Gasteiger partial charge in [0.2, 0.25) is 0 Å². The zero-order valence-corrected chi connectivity index (χ0v) is 9.44. The Kier molecular flexibility index (Phi) is 6.37. The largest absolute Gasteiger partial charge is 0.481 e. The number of carboxylic acid groups (broad SMARTS) is 1. The number of rotatable bonds is 5. The molecule has 0 fully saturated rings. The van der Waals surface area contributed by atoms with E-state index in [0.717, 1.165) is 5.56 Å². The fourth-order valence-corrected chi connectivity index (χ4v) is 1.26. The Balaban J connectivity index is 0.00000225. The van der Waals surface area contributed by atoms with Gasteiger partial charge in [-0.1, -0.05) is 30.3 Å². The Morgan fingerprint density at radius 2 is 1.81 bits per heavy atom. The van der Waals surface area contributed by atoms with Crippen LogP contribution in [0.1, 0.15) is 12.0 Å². The van der Waals surface area contributed by atoms with Crippen LogP contribution in [0, 0.1) is 0 Å². The lowest BCUT2D eigenvalue weighted by Crippen LogP contribution is -2.33. The highest BCUT2D eigenvalue weighted by Gasteiger charge is 2.16. The Morgan fingerprint density at radius 3 is 2.31 bits per heavy atom. The number of nitrogens with two attached hydrogens (primary N) is 1. The van der Waals surface area contributed by atoms with Gasteiger partial charge >= 0.3 is 5.97 Å². The van der Waals surface area contributed by atoms with Crippen LogP contribution in [0.2, 0.25) is 0 Å². The molecule has 0 amide bonds. The average Bonchev–Trinajstić information content (AvgIpc) is 2.18. The summed E-state index contributed by atoms with van der Waals surface area (Å²) in [4.78, 5) is 21.5. The minimum Gasteiger partial charge on any atom is -0.481 e. The number of hydrogen-bond acceptors (Lipinski definition) is 3. The highest BCUT2D eigenvalue weighted by Crippen LogP contribution is 2.03. The van der Waals surface area contributed by atoms with Gasteiger partial charge in [-0.3, -0.25) is 9.59 Å². The van der Waals surface area contributed by atoms with Crippen molar-refractivity contribution in [3.8, 4) is 0 Å².